The summed E-state index contributed by atoms with van der Waals surface area (Å²) in [7, 11) is 1.15. The largest absolute Gasteiger partial charge is 0.451 e. The van der Waals surface area contributed by atoms with Crippen LogP contribution in [0.5, 0.6) is 0 Å². The number of carbonyl (C=O) groups is 1. The van der Waals surface area contributed by atoms with Crippen LogP contribution in [0, 0.1) is 5.82 Å². The fourth-order valence-electron chi connectivity index (χ4n) is 1.59. The Hall–Kier alpha value is -1.62. The highest BCUT2D eigenvalue weighted by Crippen LogP contribution is 2.29. The second kappa shape index (κ2) is 6.87. The van der Waals surface area contributed by atoms with E-state index in [9.17, 15) is 22.4 Å². The highest BCUT2D eigenvalue weighted by atomic mass is 79.9. The molecule has 0 aliphatic rings. The van der Waals surface area contributed by atoms with E-state index < -0.39 is 23.7 Å². The Bertz CT molecular complexity index is 734. The Morgan fingerprint density at radius 3 is 2.65 bits per heavy atom. The number of hydrogen-bond donors (Lipinski definition) is 1. The molecule has 0 saturated carbocycles. The van der Waals surface area contributed by atoms with E-state index in [1.165, 1.54) is 12.1 Å². The van der Waals surface area contributed by atoms with E-state index in [1.807, 2.05) is 0 Å². The van der Waals surface area contributed by atoms with Gasteiger partial charge >= 0.3 is 6.18 Å². The van der Waals surface area contributed by atoms with Crippen molar-refractivity contribution < 1.29 is 22.4 Å². The third-order valence-corrected chi connectivity index (χ3v) is 4.14. The number of nitrogens with one attached hydrogen (secondary N) is 1. The third kappa shape index (κ3) is 4.44. The summed E-state index contributed by atoms with van der Waals surface area (Å²) in [6, 6.07) is 4.09. The van der Waals surface area contributed by atoms with E-state index in [4.69, 9.17) is 0 Å². The van der Waals surface area contributed by atoms with Gasteiger partial charge in [0.1, 0.15) is 5.82 Å². The Balaban J connectivity index is 1.98. The molecule has 0 aliphatic carbocycles. The first-order chi connectivity index (χ1) is 10.7. The van der Waals surface area contributed by atoms with Crippen molar-refractivity contribution in [2.45, 2.75) is 11.3 Å². The first kappa shape index (κ1) is 17.7. The molecule has 0 atom stereocenters. The summed E-state index contributed by atoms with van der Waals surface area (Å²) in [5, 5.41) is 8.69. The number of amides is 1. The lowest BCUT2D eigenvalue weighted by Crippen LogP contribution is -2.16. The van der Waals surface area contributed by atoms with Crippen molar-refractivity contribution in [3.63, 3.8) is 0 Å². The Kier molecular flexibility index (Phi) is 5.30. The molecule has 23 heavy (non-hydrogen) atoms. The summed E-state index contributed by atoms with van der Waals surface area (Å²) in [5.41, 5.74) is -0.0206. The van der Waals surface area contributed by atoms with Gasteiger partial charge in [0.05, 0.1) is 11.4 Å². The molecular formula is C12H9BrF4N4OS. The molecule has 5 nitrogen and oxygen atoms in total. The van der Waals surface area contributed by atoms with Crippen molar-refractivity contribution in [1.29, 1.82) is 0 Å². The smallest absolute Gasteiger partial charge is 0.323 e. The van der Waals surface area contributed by atoms with Crippen molar-refractivity contribution >= 4 is 39.3 Å². The highest BCUT2D eigenvalue weighted by Gasteiger charge is 2.37. The lowest BCUT2D eigenvalue weighted by atomic mass is 10.3. The van der Waals surface area contributed by atoms with E-state index in [2.05, 4.69) is 31.4 Å². The summed E-state index contributed by atoms with van der Waals surface area (Å²) in [6.07, 6.45) is -4.62. The van der Waals surface area contributed by atoms with Gasteiger partial charge in [-0.3, -0.25) is 4.79 Å². The summed E-state index contributed by atoms with van der Waals surface area (Å²) in [4.78, 5) is 11.7. The molecule has 1 aromatic carbocycles. The van der Waals surface area contributed by atoms with Gasteiger partial charge in [-0.1, -0.05) is 27.7 Å². The Morgan fingerprint density at radius 1 is 1.39 bits per heavy atom. The monoisotopic (exact) mass is 412 g/mol. The van der Waals surface area contributed by atoms with Crippen LogP contribution in [0.2, 0.25) is 0 Å². The maximum absolute atomic E-state index is 13.6. The van der Waals surface area contributed by atoms with Gasteiger partial charge in [0.2, 0.25) is 11.7 Å². The average Bonchev–Trinajstić information content (AvgIpc) is 2.81. The second-order valence-corrected chi connectivity index (χ2v) is 6.18. The molecule has 0 bridgehead atoms. The number of benzene rings is 1. The van der Waals surface area contributed by atoms with Crippen LogP contribution < -0.4 is 5.32 Å². The molecule has 124 valence electrons. The fourth-order valence-corrected chi connectivity index (χ4v) is 2.64. The minimum Gasteiger partial charge on any atom is -0.323 e. The lowest BCUT2D eigenvalue weighted by molar-refractivity contribution is -0.147. The van der Waals surface area contributed by atoms with Crippen LogP contribution in [0.25, 0.3) is 0 Å². The van der Waals surface area contributed by atoms with E-state index >= 15 is 0 Å². The number of anilines is 1. The van der Waals surface area contributed by atoms with Gasteiger partial charge in [0.25, 0.3) is 0 Å². The lowest BCUT2D eigenvalue weighted by Gasteiger charge is -2.07. The van der Waals surface area contributed by atoms with Crippen LogP contribution >= 0.6 is 27.7 Å². The molecule has 0 spiro atoms. The Labute approximate surface area is 140 Å². The molecular weight excluding hydrogens is 404 g/mol. The van der Waals surface area contributed by atoms with Gasteiger partial charge in [-0.05, 0) is 18.2 Å². The number of thioether (sulfide) groups is 1. The second-order valence-electron chi connectivity index (χ2n) is 4.32. The van der Waals surface area contributed by atoms with E-state index in [1.54, 1.807) is 6.07 Å². The van der Waals surface area contributed by atoms with Crippen molar-refractivity contribution in [2.24, 2.45) is 7.05 Å². The number of carbonyl (C=O) groups excluding carboxylic acids is 1. The van der Waals surface area contributed by atoms with Crippen molar-refractivity contribution in [2.75, 3.05) is 11.1 Å². The predicted molar refractivity (Wildman–Crippen MR) is 79.5 cm³/mol. The first-order valence-electron chi connectivity index (χ1n) is 6.03. The van der Waals surface area contributed by atoms with Crippen LogP contribution in [0.3, 0.4) is 0 Å². The number of aromatic nitrogens is 3. The fraction of sp³-hybridized carbons (Fsp3) is 0.250. The topological polar surface area (TPSA) is 59.8 Å². The van der Waals surface area contributed by atoms with E-state index in [-0.39, 0.29) is 16.6 Å². The minimum absolute atomic E-state index is 0.0206. The van der Waals surface area contributed by atoms with Gasteiger partial charge < -0.3 is 9.88 Å². The van der Waals surface area contributed by atoms with Gasteiger partial charge in [0, 0.05) is 11.5 Å². The van der Waals surface area contributed by atoms with Crippen LogP contribution in [-0.2, 0) is 18.0 Å². The maximum Gasteiger partial charge on any atom is 0.451 e. The molecule has 11 heteroatoms. The molecule has 1 amide bonds. The summed E-state index contributed by atoms with van der Waals surface area (Å²) in [5.74, 6) is -2.60. The summed E-state index contributed by atoms with van der Waals surface area (Å²) in [6.45, 7) is 0. The summed E-state index contributed by atoms with van der Waals surface area (Å²) < 4.78 is 52.5. The van der Waals surface area contributed by atoms with Gasteiger partial charge in [-0.15, -0.1) is 10.2 Å². The molecule has 0 saturated heterocycles. The van der Waals surface area contributed by atoms with Gasteiger partial charge in [-0.2, -0.15) is 13.2 Å². The molecule has 0 aliphatic heterocycles. The highest BCUT2D eigenvalue weighted by molar-refractivity contribution is 9.10. The van der Waals surface area contributed by atoms with Crippen LogP contribution in [0.1, 0.15) is 5.82 Å². The zero-order valence-electron chi connectivity index (χ0n) is 11.5. The standard InChI is InChI=1S/C12H9BrF4N4OS/c1-21-10(12(15,16)17)19-20-11(21)23-5-9(22)18-8-3-2-6(13)4-7(8)14/h2-4H,5H2,1H3,(H,18,22). The van der Waals surface area contributed by atoms with Crippen molar-refractivity contribution in [3.05, 3.63) is 34.3 Å². The molecule has 0 unspecified atom stereocenters. The van der Waals surface area contributed by atoms with Gasteiger partial charge in [-0.25, -0.2) is 4.39 Å². The predicted octanol–water partition coefficient (Wildman–Crippen LogP) is 3.47. The number of halogens is 5. The molecule has 0 radical (unpaired) electrons. The van der Waals surface area contributed by atoms with E-state index in [0.717, 1.165) is 23.4 Å². The van der Waals surface area contributed by atoms with Crippen molar-refractivity contribution in [1.82, 2.24) is 14.8 Å². The first-order valence-corrected chi connectivity index (χ1v) is 7.80. The summed E-state index contributed by atoms with van der Waals surface area (Å²) >= 11 is 3.85. The van der Waals surface area contributed by atoms with Gasteiger partial charge in [0.15, 0.2) is 5.16 Å². The molecule has 2 aromatic rings. The number of rotatable bonds is 4. The molecule has 2 rings (SSSR count). The van der Waals surface area contributed by atoms with Crippen molar-refractivity contribution in [3.8, 4) is 0 Å². The maximum atomic E-state index is 13.6. The Morgan fingerprint density at radius 2 is 2.09 bits per heavy atom. The molecule has 1 aromatic heterocycles. The van der Waals surface area contributed by atoms with Crippen LogP contribution in [0.15, 0.2) is 27.8 Å². The molecule has 1 N–H and O–H groups in total. The zero-order chi connectivity index (χ0) is 17.2. The van der Waals surface area contributed by atoms with Crippen LogP contribution in [0.4, 0.5) is 23.2 Å². The minimum atomic E-state index is -4.62. The normalized spacial score (nSPS) is 11.6. The molecule has 1 heterocycles. The molecule has 0 fully saturated rings. The SMILES string of the molecule is Cn1c(SCC(=O)Nc2ccc(Br)cc2F)nnc1C(F)(F)F. The third-order valence-electron chi connectivity index (χ3n) is 2.63. The number of hydrogen-bond acceptors (Lipinski definition) is 4. The zero-order valence-corrected chi connectivity index (χ0v) is 13.9. The van der Waals surface area contributed by atoms with Crippen LogP contribution in [-0.4, -0.2) is 26.4 Å². The quantitative estimate of drug-likeness (QED) is 0.616. The van der Waals surface area contributed by atoms with E-state index in [0.29, 0.717) is 4.47 Å². The number of nitrogens with zero attached hydrogens (tertiary/aromatic N) is 3. The average molecular weight is 413 g/mol. The number of alkyl halides is 3.